The quantitative estimate of drug-likeness (QED) is 0.286. The average molecular weight is 444 g/mol. The van der Waals surface area contributed by atoms with Crippen LogP contribution in [0.1, 0.15) is 16.7 Å². The molecule has 0 fully saturated rings. The molecule has 3 N–H and O–H groups in total. The second-order valence-electron chi connectivity index (χ2n) is 6.44. The summed E-state index contributed by atoms with van der Waals surface area (Å²) in [6, 6.07) is 18.7. The van der Waals surface area contributed by atoms with E-state index in [-0.39, 0.29) is 11.4 Å². The summed E-state index contributed by atoms with van der Waals surface area (Å²) in [5, 5.41) is 2.90. The largest absolute Gasteiger partial charge is 0.416 e. The number of carbonyl (C=O) groups is 1. The van der Waals surface area contributed by atoms with E-state index in [1.807, 2.05) is 18.2 Å². The lowest BCUT2D eigenvalue weighted by atomic mass is 10.1. The van der Waals surface area contributed by atoms with Gasteiger partial charge in [0.2, 0.25) is 5.91 Å². The Bertz CT molecular complexity index is 1140. The third kappa shape index (κ3) is 5.96. The number of carbonyl (C=O) groups excluding carboxylic acids is 1. The molecule has 31 heavy (non-hydrogen) atoms. The summed E-state index contributed by atoms with van der Waals surface area (Å²) >= 11 is 6.17. The fourth-order valence-corrected chi connectivity index (χ4v) is 2.89. The van der Waals surface area contributed by atoms with Crippen molar-refractivity contribution in [3.8, 4) is 0 Å². The smallest absolute Gasteiger partial charge is 0.383 e. The Morgan fingerprint density at radius 1 is 1.00 bits per heavy atom. The van der Waals surface area contributed by atoms with Gasteiger partial charge in [-0.25, -0.2) is 4.99 Å². The summed E-state index contributed by atoms with van der Waals surface area (Å²) in [6.07, 6.45) is -2.37. The number of benzene rings is 3. The zero-order valence-corrected chi connectivity index (χ0v) is 16.8. The lowest BCUT2D eigenvalue weighted by Crippen LogP contribution is -2.12. The number of nitrogens with zero attached hydrogens (tertiary/aromatic N) is 1. The number of aliphatic imine (C=N–C) groups is 1. The van der Waals surface area contributed by atoms with Crippen LogP contribution in [0.3, 0.4) is 0 Å². The zero-order chi connectivity index (χ0) is 22.4. The van der Waals surface area contributed by atoms with Crippen molar-refractivity contribution in [2.24, 2.45) is 10.7 Å². The standard InChI is InChI=1S/C23H17ClF3N3O/c24-19-12-11-17(14-20(19)30-22(28)16-7-2-1-3-8-16)29-21(31)13-10-15-6-4-5-9-18(15)23(25,26)27/h1-14H,(H2,28,30)(H,29,31)/b13-10+. The molecule has 0 bridgehead atoms. The van der Waals surface area contributed by atoms with Gasteiger partial charge in [0.05, 0.1) is 16.3 Å². The predicted molar refractivity (Wildman–Crippen MR) is 117 cm³/mol. The zero-order valence-electron chi connectivity index (χ0n) is 16.0. The average Bonchev–Trinajstić information content (AvgIpc) is 2.75. The molecule has 8 heteroatoms. The van der Waals surface area contributed by atoms with Gasteiger partial charge in [-0.1, -0.05) is 60.1 Å². The summed E-state index contributed by atoms with van der Waals surface area (Å²) in [6.45, 7) is 0. The van der Waals surface area contributed by atoms with Crippen LogP contribution in [0.5, 0.6) is 0 Å². The van der Waals surface area contributed by atoms with Crippen LogP contribution in [-0.2, 0) is 11.0 Å². The van der Waals surface area contributed by atoms with E-state index in [4.69, 9.17) is 17.3 Å². The number of amides is 1. The minimum absolute atomic E-state index is 0.109. The van der Waals surface area contributed by atoms with Gasteiger partial charge in [-0.3, -0.25) is 4.79 Å². The van der Waals surface area contributed by atoms with Crippen molar-refractivity contribution in [2.45, 2.75) is 6.18 Å². The number of halogens is 4. The molecular formula is C23H17ClF3N3O. The van der Waals surface area contributed by atoms with Crippen LogP contribution < -0.4 is 11.1 Å². The van der Waals surface area contributed by atoms with Crippen LogP contribution in [0.4, 0.5) is 24.5 Å². The molecule has 4 nitrogen and oxygen atoms in total. The number of hydrogen-bond acceptors (Lipinski definition) is 2. The molecule has 0 atom stereocenters. The van der Waals surface area contributed by atoms with Gasteiger partial charge in [-0.05, 0) is 35.9 Å². The minimum atomic E-state index is -4.51. The van der Waals surface area contributed by atoms with Gasteiger partial charge < -0.3 is 11.1 Å². The normalized spacial score (nSPS) is 12.2. The molecule has 1 amide bonds. The van der Waals surface area contributed by atoms with Crippen molar-refractivity contribution in [1.82, 2.24) is 0 Å². The molecule has 3 rings (SSSR count). The third-order valence-electron chi connectivity index (χ3n) is 4.20. The first-order valence-electron chi connectivity index (χ1n) is 9.08. The monoisotopic (exact) mass is 443 g/mol. The first kappa shape index (κ1) is 22.1. The fourth-order valence-electron chi connectivity index (χ4n) is 2.73. The van der Waals surface area contributed by atoms with Crippen molar-refractivity contribution in [1.29, 1.82) is 0 Å². The van der Waals surface area contributed by atoms with Crippen molar-refractivity contribution in [3.05, 3.63) is 101 Å². The number of amidine groups is 1. The molecule has 0 aliphatic carbocycles. The maximum atomic E-state index is 13.1. The second kappa shape index (κ2) is 9.49. The number of nitrogens with one attached hydrogen (secondary N) is 1. The van der Waals surface area contributed by atoms with E-state index in [2.05, 4.69) is 10.3 Å². The number of rotatable bonds is 5. The van der Waals surface area contributed by atoms with Crippen LogP contribution in [0.15, 0.2) is 83.9 Å². The van der Waals surface area contributed by atoms with Crippen LogP contribution in [-0.4, -0.2) is 11.7 Å². The Labute approximate surface area is 181 Å². The topological polar surface area (TPSA) is 67.5 Å². The van der Waals surface area contributed by atoms with Gasteiger partial charge in [0.25, 0.3) is 0 Å². The molecule has 3 aromatic carbocycles. The maximum absolute atomic E-state index is 13.1. The Kier molecular flexibility index (Phi) is 6.77. The molecule has 0 heterocycles. The van der Waals surface area contributed by atoms with Crippen LogP contribution in [0.2, 0.25) is 5.02 Å². The molecule has 0 unspecified atom stereocenters. The molecule has 0 aliphatic heterocycles. The Balaban J connectivity index is 1.78. The Morgan fingerprint density at radius 2 is 1.68 bits per heavy atom. The summed E-state index contributed by atoms with van der Waals surface area (Å²) in [5.74, 6) is -0.361. The molecule has 0 aromatic heterocycles. The third-order valence-corrected chi connectivity index (χ3v) is 4.52. The van der Waals surface area contributed by atoms with Crippen LogP contribution in [0.25, 0.3) is 6.08 Å². The first-order valence-corrected chi connectivity index (χ1v) is 9.46. The number of anilines is 1. The van der Waals surface area contributed by atoms with Gasteiger partial charge in [0.1, 0.15) is 5.84 Å². The molecule has 0 radical (unpaired) electrons. The maximum Gasteiger partial charge on any atom is 0.416 e. The molecule has 0 saturated carbocycles. The molecule has 3 aromatic rings. The van der Waals surface area contributed by atoms with Gasteiger partial charge in [-0.2, -0.15) is 13.2 Å². The molecule has 0 aliphatic rings. The van der Waals surface area contributed by atoms with E-state index < -0.39 is 17.6 Å². The van der Waals surface area contributed by atoms with E-state index in [0.29, 0.717) is 22.0 Å². The van der Waals surface area contributed by atoms with Gasteiger partial charge in [-0.15, -0.1) is 0 Å². The minimum Gasteiger partial charge on any atom is -0.383 e. The van der Waals surface area contributed by atoms with Crippen molar-refractivity contribution in [3.63, 3.8) is 0 Å². The highest BCUT2D eigenvalue weighted by molar-refractivity contribution is 6.33. The van der Waals surface area contributed by atoms with Crippen molar-refractivity contribution in [2.75, 3.05) is 5.32 Å². The number of hydrogen-bond donors (Lipinski definition) is 2. The van der Waals surface area contributed by atoms with E-state index >= 15 is 0 Å². The van der Waals surface area contributed by atoms with Gasteiger partial charge in [0.15, 0.2) is 0 Å². The predicted octanol–water partition coefficient (Wildman–Crippen LogP) is 6.05. The Hall–Kier alpha value is -3.58. The molecule has 0 saturated heterocycles. The van der Waals surface area contributed by atoms with Gasteiger partial charge in [0, 0.05) is 17.3 Å². The van der Waals surface area contributed by atoms with Crippen LogP contribution in [0, 0.1) is 0 Å². The van der Waals surface area contributed by atoms with E-state index in [1.54, 1.807) is 18.2 Å². The lowest BCUT2D eigenvalue weighted by molar-refractivity contribution is -0.137. The first-order chi connectivity index (χ1) is 14.7. The summed E-state index contributed by atoms with van der Waals surface area (Å²) < 4.78 is 39.2. The van der Waals surface area contributed by atoms with E-state index in [0.717, 1.165) is 18.2 Å². The van der Waals surface area contributed by atoms with Crippen molar-refractivity contribution >= 4 is 40.8 Å². The summed E-state index contributed by atoms with van der Waals surface area (Å²) in [7, 11) is 0. The molecule has 0 spiro atoms. The number of alkyl halides is 3. The van der Waals surface area contributed by atoms with Crippen molar-refractivity contribution < 1.29 is 18.0 Å². The number of nitrogens with two attached hydrogens (primary N) is 1. The SMILES string of the molecule is NC(=Nc1cc(NC(=O)/C=C/c2ccccc2C(F)(F)F)ccc1Cl)c1ccccc1. The molecular weight excluding hydrogens is 427 g/mol. The highest BCUT2D eigenvalue weighted by Crippen LogP contribution is 2.32. The van der Waals surface area contributed by atoms with Crippen LogP contribution >= 0.6 is 11.6 Å². The second-order valence-corrected chi connectivity index (χ2v) is 6.84. The lowest BCUT2D eigenvalue weighted by Gasteiger charge is -2.09. The van der Waals surface area contributed by atoms with E-state index in [1.165, 1.54) is 30.3 Å². The highest BCUT2D eigenvalue weighted by Gasteiger charge is 2.32. The fraction of sp³-hybridized carbons (Fsp3) is 0.0435. The Morgan fingerprint density at radius 3 is 2.39 bits per heavy atom. The van der Waals surface area contributed by atoms with E-state index in [9.17, 15) is 18.0 Å². The summed E-state index contributed by atoms with van der Waals surface area (Å²) in [4.78, 5) is 16.5. The highest BCUT2D eigenvalue weighted by atomic mass is 35.5. The molecule has 158 valence electrons. The van der Waals surface area contributed by atoms with Gasteiger partial charge >= 0.3 is 6.18 Å². The summed E-state index contributed by atoms with van der Waals surface area (Å²) in [5.41, 5.74) is 6.49.